The number of ether oxygens (including phenoxy) is 2. The molecule has 146 valence electrons. The maximum absolute atomic E-state index is 10.3. The van der Waals surface area contributed by atoms with E-state index in [9.17, 15) is 5.11 Å². The fourth-order valence-electron chi connectivity index (χ4n) is 3.55. The van der Waals surface area contributed by atoms with Crippen molar-refractivity contribution >= 4 is 0 Å². The molecule has 6 heteroatoms. The minimum absolute atomic E-state index is 0.288. The van der Waals surface area contributed by atoms with Crippen LogP contribution in [0, 0.1) is 0 Å². The van der Waals surface area contributed by atoms with E-state index in [-0.39, 0.29) is 6.61 Å². The quantitative estimate of drug-likeness (QED) is 0.713. The predicted octanol–water partition coefficient (Wildman–Crippen LogP) is 1.28. The van der Waals surface area contributed by atoms with E-state index in [0.29, 0.717) is 12.3 Å². The van der Waals surface area contributed by atoms with Crippen molar-refractivity contribution in [2.75, 3.05) is 66.1 Å². The molecule has 1 atom stereocenters. The molecule has 3 rings (SSSR count). The van der Waals surface area contributed by atoms with Crippen LogP contribution in [0.2, 0.25) is 0 Å². The van der Waals surface area contributed by atoms with Gasteiger partial charge in [-0.1, -0.05) is 13.0 Å². The van der Waals surface area contributed by atoms with Crippen LogP contribution in [0.5, 0.6) is 11.5 Å². The van der Waals surface area contributed by atoms with Crippen molar-refractivity contribution in [3.63, 3.8) is 0 Å². The van der Waals surface area contributed by atoms with Gasteiger partial charge < -0.3 is 19.5 Å². The number of likely N-dealkylation sites (N-methyl/N-ethyl adjacent to an activating group) is 1. The Balaban J connectivity index is 1.45. The molecule has 1 N–H and O–H groups in total. The molecule has 1 aromatic rings. The zero-order valence-electron chi connectivity index (χ0n) is 16.2. The molecule has 0 aliphatic carbocycles. The molecule has 2 aliphatic heterocycles. The number of piperazine rings is 1. The van der Waals surface area contributed by atoms with E-state index in [2.05, 4.69) is 27.7 Å². The Kier molecular flexibility index (Phi) is 7.14. The lowest BCUT2D eigenvalue weighted by molar-refractivity contribution is 0.0464. The Labute approximate surface area is 157 Å². The zero-order valence-corrected chi connectivity index (χ0v) is 16.2. The van der Waals surface area contributed by atoms with Crippen molar-refractivity contribution < 1.29 is 14.6 Å². The number of hydrogen-bond donors (Lipinski definition) is 1. The van der Waals surface area contributed by atoms with Gasteiger partial charge in [-0.2, -0.15) is 0 Å². The largest absolute Gasteiger partial charge is 0.493 e. The lowest BCUT2D eigenvalue weighted by Crippen LogP contribution is -2.49. The third-order valence-corrected chi connectivity index (χ3v) is 5.40. The van der Waals surface area contributed by atoms with Gasteiger partial charge in [-0.25, -0.2) is 0 Å². The van der Waals surface area contributed by atoms with Gasteiger partial charge in [0.25, 0.3) is 0 Å². The number of likely N-dealkylation sites (tertiary alicyclic amines) is 1. The molecule has 0 amide bonds. The maximum Gasteiger partial charge on any atom is 0.161 e. The topological polar surface area (TPSA) is 48.4 Å². The summed E-state index contributed by atoms with van der Waals surface area (Å²) in [6.07, 6.45) is 0.803. The van der Waals surface area contributed by atoms with E-state index in [1.165, 1.54) is 25.1 Å². The summed E-state index contributed by atoms with van der Waals surface area (Å²) in [5, 5.41) is 10.3. The first-order valence-corrected chi connectivity index (χ1v) is 9.82. The molecule has 6 nitrogen and oxygen atoms in total. The molecular weight excluding hydrogens is 330 g/mol. The van der Waals surface area contributed by atoms with Gasteiger partial charge >= 0.3 is 0 Å². The van der Waals surface area contributed by atoms with Gasteiger partial charge in [0.05, 0.1) is 7.11 Å². The molecule has 0 saturated carbocycles. The van der Waals surface area contributed by atoms with Crippen LogP contribution in [0.15, 0.2) is 18.2 Å². The normalized spacial score (nSPS) is 20.6. The van der Waals surface area contributed by atoms with Crippen LogP contribution >= 0.6 is 0 Å². The lowest BCUT2D eigenvalue weighted by atomic mass is 10.1. The molecule has 1 aromatic carbocycles. The van der Waals surface area contributed by atoms with E-state index in [0.717, 1.165) is 45.0 Å². The van der Waals surface area contributed by atoms with Crippen LogP contribution in [0.25, 0.3) is 0 Å². The fraction of sp³-hybridized carbons (Fsp3) is 0.700. The molecule has 2 fully saturated rings. The standard InChI is InChI=1S/C20H33N3O3/c1-3-21-9-11-23(12-10-21)15-18(24)16-26-19-6-5-17(13-20(19)25-2)14-22-7-4-8-22/h5-6,13,18,24H,3-4,7-12,14-16H2,1-2H3. The van der Waals surface area contributed by atoms with Crippen molar-refractivity contribution in [3.8, 4) is 11.5 Å². The molecule has 1 unspecified atom stereocenters. The van der Waals surface area contributed by atoms with E-state index in [4.69, 9.17) is 9.47 Å². The summed E-state index contributed by atoms with van der Waals surface area (Å²) in [6, 6.07) is 6.09. The van der Waals surface area contributed by atoms with E-state index < -0.39 is 6.10 Å². The predicted molar refractivity (Wildman–Crippen MR) is 103 cm³/mol. The minimum atomic E-state index is -0.492. The van der Waals surface area contributed by atoms with E-state index in [1.807, 2.05) is 12.1 Å². The Hall–Kier alpha value is -1.34. The summed E-state index contributed by atoms with van der Waals surface area (Å²) in [6.45, 7) is 11.8. The van der Waals surface area contributed by atoms with Crippen molar-refractivity contribution in [1.82, 2.24) is 14.7 Å². The van der Waals surface area contributed by atoms with Gasteiger partial charge in [-0.05, 0) is 43.8 Å². The minimum Gasteiger partial charge on any atom is -0.493 e. The summed E-state index contributed by atoms with van der Waals surface area (Å²) >= 11 is 0. The highest BCUT2D eigenvalue weighted by atomic mass is 16.5. The molecule has 0 bridgehead atoms. The maximum atomic E-state index is 10.3. The van der Waals surface area contributed by atoms with Crippen molar-refractivity contribution in [1.29, 1.82) is 0 Å². The van der Waals surface area contributed by atoms with Crippen LogP contribution in [0.3, 0.4) is 0 Å². The summed E-state index contributed by atoms with van der Waals surface area (Å²) in [5.41, 5.74) is 1.24. The van der Waals surface area contributed by atoms with Crippen molar-refractivity contribution in [2.45, 2.75) is 26.0 Å². The molecule has 2 aliphatic rings. The highest BCUT2D eigenvalue weighted by Gasteiger charge is 2.19. The van der Waals surface area contributed by atoms with Crippen LogP contribution in [0.1, 0.15) is 18.9 Å². The first kappa shape index (κ1) is 19.4. The first-order valence-electron chi connectivity index (χ1n) is 9.82. The van der Waals surface area contributed by atoms with Gasteiger partial charge in [0.15, 0.2) is 11.5 Å². The number of benzene rings is 1. The van der Waals surface area contributed by atoms with Gasteiger partial charge in [-0.15, -0.1) is 0 Å². The van der Waals surface area contributed by atoms with Gasteiger partial charge in [0, 0.05) is 39.3 Å². The third-order valence-electron chi connectivity index (χ3n) is 5.40. The summed E-state index contributed by atoms with van der Waals surface area (Å²) < 4.78 is 11.3. The monoisotopic (exact) mass is 363 g/mol. The highest BCUT2D eigenvalue weighted by molar-refractivity contribution is 5.43. The Morgan fingerprint density at radius 1 is 1.00 bits per heavy atom. The summed E-state index contributed by atoms with van der Waals surface area (Å²) in [5.74, 6) is 1.45. The Bertz CT molecular complexity index is 557. The number of rotatable bonds is 9. The number of hydrogen-bond acceptors (Lipinski definition) is 6. The molecule has 26 heavy (non-hydrogen) atoms. The zero-order chi connectivity index (χ0) is 18.4. The second-order valence-corrected chi connectivity index (χ2v) is 7.31. The number of β-amino-alcohol motifs (C(OH)–C–C–N with tert-alkyl or cyclic N) is 1. The second-order valence-electron chi connectivity index (χ2n) is 7.31. The van der Waals surface area contributed by atoms with Crippen molar-refractivity contribution in [2.24, 2.45) is 0 Å². The Morgan fingerprint density at radius 2 is 1.73 bits per heavy atom. The average Bonchev–Trinajstić information content (AvgIpc) is 2.64. The fourth-order valence-corrected chi connectivity index (χ4v) is 3.55. The average molecular weight is 364 g/mol. The molecule has 0 spiro atoms. The third kappa shape index (κ3) is 5.33. The second kappa shape index (κ2) is 9.55. The number of aliphatic hydroxyl groups is 1. The number of nitrogens with zero attached hydrogens (tertiary/aromatic N) is 3. The van der Waals surface area contributed by atoms with Crippen LogP contribution in [0.4, 0.5) is 0 Å². The first-order chi connectivity index (χ1) is 12.7. The van der Waals surface area contributed by atoms with E-state index in [1.54, 1.807) is 7.11 Å². The van der Waals surface area contributed by atoms with Crippen LogP contribution < -0.4 is 9.47 Å². The van der Waals surface area contributed by atoms with Crippen LogP contribution in [-0.4, -0.2) is 92.0 Å². The molecular formula is C20H33N3O3. The summed E-state index contributed by atoms with van der Waals surface area (Å²) in [4.78, 5) is 7.16. The van der Waals surface area contributed by atoms with Crippen LogP contribution in [-0.2, 0) is 6.54 Å². The summed E-state index contributed by atoms with van der Waals surface area (Å²) in [7, 11) is 1.67. The van der Waals surface area contributed by atoms with Gasteiger partial charge in [0.1, 0.15) is 12.7 Å². The van der Waals surface area contributed by atoms with E-state index >= 15 is 0 Å². The lowest BCUT2D eigenvalue weighted by Gasteiger charge is -2.34. The number of aliphatic hydroxyl groups excluding tert-OH is 1. The molecule has 2 heterocycles. The SMILES string of the molecule is CCN1CCN(CC(O)COc2ccc(CN3CCC3)cc2OC)CC1. The smallest absolute Gasteiger partial charge is 0.161 e. The van der Waals surface area contributed by atoms with Gasteiger partial charge in [-0.3, -0.25) is 9.80 Å². The Morgan fingerprint density at radius 3 is 2.35 bits per heavy atom. The highest BCUT2D eigenvalue weighted by Crippen LogP contribution is 2.29. The number of methoxy groups -OCH3 is 1. The van der Waals surface area contributed by atoms with Gasteiger partial charge in [0.2, 0.25) is 0 Å². The van der Waals surface area contributed by atoms with Crippen molar-refractivity contribution in [3.05, 3.63) is 23.8 Å². The molecule has 0 aromatic heterocycles. The molecule has 0 radical (unpaired) electrons. The molecule has 2 saturated heterocycles.